The van der Waals surface area contributed by atoms with Crippen LogP contribution in [0.15, 0.2) is 0 Å². The Morgan fingerprint density at radius 1 is 1.36 bits per heavy atom. The van der Waals surface area contributed by atoms with Gasteiger partial charge in [-0.05, 0) is 25.8 Å². The Labute approximate surface area is 69.8 Å². The molecule has 0 aromatic carbocycles. The maximum absolute atomic E-state index is 7.35. The van der Waals surface area contributed by atoms with E-state index in [4.69, 9.17) is 5.73 Å². The molecule has 1 radical (unpaired) electrons. The fourth-order valence-corrected chi connectivity index (χ4v) is 1.95. The summed E-state index contributed by atoms with van der Waals surface area (Å²) < 4.78 is 0. The second kappa shape index (κ2) is 4.73. The van der Waals surface area contributed by atoms with Crippen LogP contribution in [-0.4, -0.2) is 24.2 Å². The molecule has 1 aliphatic rings. The second-order valence-electron chi connectivity index (χ2n) is 3.41. The largest absolute Gasteiger partial charge is 0.287 e. The van der Waals surface area contributed by atoms with E-state index in [1.807, 2.05) is 0 Å². The van der Waals surface area contributed by atoms with Gasteiger partial charge in [0.1, 0.15) is 0 Å². The molecule has 0 heterocycles. The fraction of sp³-hybridized carbons (Fsp3) is 1.00. The van der Waals surface area contributed by atoms with Crippen molar-refractivity contribution in [1.29, 1.82) is 0 Å². The van der Waals surface area contributed by atoms with Gasteiger partial charge in [0.2, 0.25) is 0 Å². The molecule has 0 bridgehead atoms. The van der Waals surface area contributed by atoms with E-state index in [-0.39, 0.29) is 0 Å². The van der Waals surface area contributed by atoms with E-state index in [2.05, 4.69) is 11.8 Å². The van der Waals surface area contributed by atoms with Crippen molar-refractivity contribution in [2.24, 2.45) is 0 Å². The molecule has 0 atom stereocenters. The molecular formula is C9H19N2. The summed E-state index contributed by atoms with van der Waals surface area (Å²) in [6.07, 6.45) is 6.61. The minimum Gasteiger partial charge on any atom is -0.287 e. The highest BCUT2D eigenvalue weighted by molar-refractivity contribution is 4.75. The molecule has 0 aliphatic heterocycles. The lowest BCUT2D eigenvalue weighted by Gasteiger charge is -2.25. The first-order chi connectivity index (χ1) is 5.38. The van der Waals surface area contributed by atoms with E-state index in [0.29, 0.717) is 6.67 Å². The topological polar surface area (TPSA) is 27.0 Å². The van der Waals surface area contributed by atoms with Crippen LogP contribution in [0, 0.1) is 0 Å². The van der Waals surface area contributed by atoms with Crippen LogP contribution >= 0.6 is 0 Å². The van der Waals surface area contributed by atoms with Crippen molar-refractivity contribution in [3.63, 3.8) is 0 Å². The zero-order valence-electron chi connectivity index (χ0n) is 7.47. The Morgan fingerprint density at radius 2 is 2.00 bits per heavy atom. The molecule has 0 unspecified atom stereocenters. The SMILES string of the molecule is CCCN(C[NH])C1CCCC1. The highest BCUT2D eigenvalue weighted by atomic mass is 15.2. The molecule has 0 amide bonds. The van der Waals surface area contributed by atoms with E-state index < -0.39 is 0 Å². The Bertz CT molecular complexity index is 97.7. The van der Waals surface area contributed by atoms with Crippen molar-refractivity contribution in [1.82, 2.24) is 10.6 Å². The van der Waals surface area contributed by atoms with Crippen LogP contribution < -0.4 is 5.73 Å². The molecule has 1 aliphatic carbocycles. The average Bonchev–Trinajstić information content (AvgIpc) is 2.52. The van der Waals surface area contributed by atoms with Gasteiger partial charge in [0, 0.05) is 6.04 Å². The zero-order chi connectivity index (χ0) is 8.10. The van der Waals surface area contributed by atoms with Crippen molar-refractivity contribution in [2.75, 3.05) is 13.2 Å². The summed E-state index contributed by atoms with van der Waals surface area (Å²) in [5, 5.41) is 0. The number of nitrogens with zero attached hydrogens (tertiary/aromatic N) is 1. The third kappa shape index (κ3) is 2.46. The van der Waals surface area contributed by atoms with E-state index in [1.165, 1.54) is 32.1 Å². The summed E-state index contributed by atoms with van der Waals surface area (Å²) in [4.78, 5) is 2.31. The van der Waals surface area contributed by atoms with Crippen LogP contribution in [0.2, 0.25) is 0 Å². The average molecular weight is 155 g/mol. The van der Waals surface area contributed by atoms with Crippen molar-refractivity contribution >= 4 is 0 Å². The molecule has 1 N–H and O–H groups in total. The minimum atomic E-state index is 0.499. The van der Waals surface area contributed by atoms with Crippen molar-refractivity contribution in [3.8, 4) is 0 Å². The van der Waals surface area contributed by atoms with Crippen molar-refractivity contribution in [2.45, 2.75) is 45.1 Å². The zero-order valence-corrected chi connectivity index (χ0v) is 7.47. The summed E-state index contributed by atoms with van der Waals surface area (Å²) >= 11 is 0. The van der Waals surface area contributed by atoms with Crippen LogP contribution in [0.5, 0.6) is 0 Å². The second-order valence-corrected chi connectivity index (χ2v) is 3.41. The van der Waals surface area contributed by atoms with Crippen molar-refractivity contribution in [3.05, 3.63) is 0 Å². The molecular weight excluding hydrogens is 136 g/mol. The van der Waals surface area contributed by atoms with E-state index in [9.17, 15) is 0 Å². The lowest BCUT2D eigenvalue weighted by Crippen LogP contribution is -2.35. The molecule has 1 rings (SSSR count). The number of hydrogen-bond donors (Lipinski definition) is 0. The first-order valence-electron chi connectivity index (χ1n) is 4.77. The maximum Gasteiger partial charge on any atom is 0.0617 e. The molecule has 2 nitrogen and oxygen atoms in total. The highest BCUT2D eigenvalue weighted by Crippen LogP contribution is 2.22. The van der Waals surface area contributed by atoms with E-state index in [0.717, 1.165) is 12.6 Å². The van der Waals surface area contributed by atoms with Gasteiger partial charge in [0.25, 0.3) is 0 Å². The molecule has 1 saturated carbocycles. The molecule has 11 heavy (non-hydrogen) atoms. The molecule has 0 spiro atoms. The first-order valence-corrected chi connectivity index (χ1v) is 4.77. The summed E-state index contributed by atoms with van der Waals surface area (Å²) in [5.74, 6) is 0. The fourth-order valence-electron chi connectivity index (χ4n) is 1.95. The molecule has 0 saturated heterocycles. The predicted molar refractivity (Wildman–Crippen MR) is 47.2 cm³/mol. The van der Waals surface area contributed by atoms with E-state index >= 15 is 0 Å². The predicted octanol–water partition coefficient (Wildman–Crippen LogP) is 1.88. The molecule has 65 valence electrons. The summed E-state index contributed by atoms with van der Waals surface area (Å²) in [7, 11) is 0. The lowest BCUT2D eigenvalue weighted by molar-refractivity contribution is 0.201. The quantitative estimate of drug-likeness (QED) is 0.609. The summed E-state index contributed by atoms with van der Waals surface area (Å²) in [6.45, 7) is 3.81. The standard InChI is InChI=1S/C9H19N2/c1-2-7-11(8-10)9-5-3-4-6-9/h9-10H,2-8H2,1H3. The molecule has 1 fully saturated rings. The molecule has 0 aromatic heterocycles. The number of nitrogens with one attached hydrogen (secondary N) is 1. The minimum absolute atomic E-state index is 0.499. The van der Waals surface area contributed by atoms with Gasteiger partial charge in [-0.3, -0.25) is 4.90 Å². The van der Waals surface area contributed by atoms with Gasteiger partial charge in [-0.1, -0.05) is 19.8 Å². The van der Waals surface area contributed by atoms with Gasteiger partial charge in [0.05, 0.1) is 6.67 Å². The molecule has 2 heteroatoms. The number of hydrogen-bond acceptors (Lipinski definition) is 1. The van der Waals surface area contributed by atoms with Crippen LogP contribution in [0.4, 0.5) is 0 Å². The highest BCUT2D eigenvalue weighted by Gasteiger charge is 2.20. The van der Waals surface area contributed by atoms with Gasteiger partial charge >= 0.3 is 0 Å². The Hall–Kier alpha value is -0.0800. The van der Waals surface area contributed by atoms with Crippen molar-refractivity contribution < 1.29 is 0 Å². The van der Waals surface area contributed by atoms with Crippen LogP contribution in [0.3, 0.4) is 0 Å². The summed E-state index contributed by atoms with van der Waals surface area (Å²) in [5.41, 5.74) is 7.35. The normalized spacial score (nSPS) is 19.9. The van der Waals surface area contributed by atoms with Crippen LogP contribution in [-0.2, 0) is 0 Å². The smallest absolute Gasteiger partial charge is 0.0617 e. The van der Waals surface area contributed by atoms with Crippen LogP contribution in [0.1, 0.15) is 39.0 Å². The third-order valence-electron chi connectivity index (χ3n) is 2.56. The molecule has 0 aromatic rings. The Kier molecular flexibility index (Phi) is 3.87. The van der Waals surface area contributed by atoms with E-state index in [1.54, 1.807) is 0 Å². The monoisotopic (exact) mass is 155 g/mol. The maximum atomic E-state index is 7.35. The Balaban J connectivity index is 2.27. The van der Waals surface area contributed by atoms with Gasteiger partial charge in [-0.2, -0.15) is 0 Å². The lowest BCUT2D eigenvalue weighted by atomic mass is 10.2. The van der Waals surface area contributed by atoms with Gasteiger partial charge in [-0.15, -0.1) is 0 Å². The first kappa shape index (κ1) is 9.01. The van der Waals surface area contributed by atoms with Gasteiger partial charge < -0.3 is 0 Å². The number of rotatable bonds is 4. The summed E-state index contributed by atoms with van der Waals surface area (Å²) in [6, 6.07) is 0.743. The Morgan fingerprint density at radius 3 is 2.45 bits per heavy atom. The van der Waals surface area contributed by atoms with Gasteiger partial charge in [-0.25, -0.2) is 5.73 Å². The van der Waals surface area contributed by atoms with Crippen LogP contribution in [0.25, 0.3) is 0 Å². The third-order valence-corrected chi connectivity index (χ3v) is 2.56. The van der Waals surface area contributed by atoms with Gasteiger partial charge in [0.15, 0.2) is 0 Å².